The van der Waals surface area contributed by atoms with Crippen molar-refractivity contribution >= 4 is 23.7 Å². The fourth-order valence-corrected chi connectivity index (χ4v) is 2.17. The maximum absolute atomic E-state index is 8.86. The van der Waals surface area contributed by atoms with Crippen LogP contribution in [0.3, 0.4) is 0 Å². The fourth-order valence-electron chi connectivity index (χ4n) is 1.85. The third-order valence-corrected chi connectivity index (χ3v) is 3.01. The average Bonchev–Trinajstić information content (AvgIpc) is 2.63. The van der Waals surface area contributed by atoms with E-state index in [-0.39, 0.29) is 6.61 Å². The summed E-state index contributed by atoms with van der Waals surface area (Å²) in [7, 11) is 1.66. The highest BCUT2D eigenvalue weighted by molar-refractivity contribution is 7.78. The molecule has 4 heteroatoms. The molecule has 0 unspecified atom stereocenters. The van der Waals surface area contributed by atoms with Crippen LogP contribution in [0.5, 0.6) is 5.75 Å². The van der Waals surface area contributed by atoms with Gasteiger partial charge >= 0.3 is 0 Å². The number of hydrogen-bond donors (Lipinski definition) is 2. The standard InChI is InChI=1S/C12H15NO2S/c1-15-10-4-5-12-11(7-10)9(3-2-6-14)8-13(12)16/h4-5,7-8,14,16H,2-3,6H2,1H3. The van der Waals surface area contributed by atoms with E-state index in [1.54, 1.807) is 7.11 Å². The molecule has 2 aromatic rings. The van der Waals surface area contributed by atoms with Crippen molar-refractivity contribution in [3.63, 3.8) is 0 Å². The maximum Gasteiger partial charge on any atom is 0.119 e. The Hall–Kier alpha value is -1.13. The van der Waals surface area contributed by atoms with Crippen molar-refractivity contribution in [2.24, 2.45) is 0 Å². The van der Waals surface area contributed by atoms with Crippen molar-refractivity contribution in [3.8, 4) is 5.75 Å². The predicted molar refractivity (Wildman–Crippen MR) is 68.3 cm³/mol. The van der Waals surface area contributed by atoms with Crippen LogP contribution in [-0.2, 0) is 6.42 Å². The summed E-state index contributed by atoms with van der Waals surface area (Å²) in [5, 5.41) is 10.00. The van der Waals surface area contributed by atoms with E-state index >= 15 is 0 Å². The van der Waals surface area contributed by atoms with Gasteiger partial charge in [0.25, 0.3) is 0 Å². The van der Waals surface area contributed by atoms with E-state index in [4.69, 9.17) is 9.84 Å². The molecule has 0 aliphatic carbocycles. The minimum Gasteiger partial charge on any atom is -0.497 e. The zero-order chi connectivity index (χ0) is 11.5. The van der Waals surface area contributed by atoms with Crippen molar-refractivity contribution in [1.29, 1.82) is 0 Å². The van der Waals surface area contributed by atoms with Crippen LogP contribution in [0, 0.1) is 0 Å². The lowest BCUT2D eigenvalue weighted by molar-refractivity contribution is 0.289. The number of nitrogens with zero attached hydrogens (tertiary/aromatic N) is 1. The predicted octanol–water partition coefficient (Wildman–Crippen LogP) is 2.27. The van der Waals surface area contributed by atoms with Crippen molar-refractivity contribution in [2.75, 3.05) is 13.7 Å². The number of methoxy groups -OCH3 is 1. The molecule has 1 heterocycles. The molecule has 0 aliphatic rings. The van der Waals surface area contributed by atoms with Gasteiger partial charge in [0.05, 0.1) is 12.6 Å². The van der Waals surface area contributed by atoms with Gasteiger partial charge in [0, 0.05) is 18.2 Å². The summed E-state index contributed by atoms with van der Waals surface area (Å²) in [6, 6.07) is 5.92. The quantitative estimate of drug-likeness (QED) is 0.800. The van der Waals surface area contributed by atoms with Crippen LogP contribution < -0.4 is 4.74 Å². The van der Waals surface area contributed by atoms with Crippen molar-refractivity contribution < 1.29 is 9.84 Å². The highest BCUT2D eigenvalue weighted by Crippen LogP contribution is 2.27. The van der Waals surface area contributed by atoms with Crippen LogP contribution in [-0.4, -0.2) is 22.8 Å². The van der Waals surface area contributed by atoms with Crippen molar-refractivity contribution in [1.82, 2.24) is 3.97 Å². The monoisotopic (exact) mass is 237 g/mol. The van der Waals surface area contributed by atoms with Gasteiger partial charge in [-0.25, -0.2) is 0 Å². The second kappa shape index (κ2) is 4.80. The van der Waals surface area contributed by atoms with Gasteiger partial charge in [0.1, 0.15) is 5.75 Å². The molecule has 1 N–H and O–H groups in total. The number of fused-ring (bicyclic) bond motifs is 1. The van der Waals surface area contributed by atoms with Crippen molar-refractivity contribution in [3.05, 3.63) is 30.0 Å². The fraction of sp³-hybridized carbons (Fsp3) is 0.333. The molecule has 0 radical (unpaired) electrons. The molecule has 0 aliphatic heterocycles. The molecule has 0 atom stereocenters. The molecule has 2 rings (SSSR count). The number of aryl methyl sites for hydroxylation is 1. The second-order valence-corrected chi connectivity index (χ2v) is 4.14. The Bertz CT molecular complexity index is 493. The van der Waals surface area contributed by atoms with Gasteiger partial charge in [-0.15, -0.1) is 0 Å². The lowest BCUT2D eigenvalue weighted by Gasteiger charge is -2.01. The number of rotatable bonds is 4. The van der Waals surface area contributed by atoms with Gasteiger partial charge in [-0.3, -0.25) is 3.97 Å². The number of hydrogen-bond acceptors (Lipinski definition) is 3. The van der Waals surface area contributed by atoms with E-state index in [1.165, 1.54) is 5.56 Å². The van der Waals surface area contributed by atoms with E-state index in [0.29, 0.717) is 0 Å². The van der Waals surface area contributed by atoms with Gasteiger partial charge < -0.3 is 9.84 Å². The number of aliphatic hydroxyl groups excluding tert-OH is 1. The molecule has 3 nitrogen and oxygen atoms in total. The van der Waals surface area contributed by atoms with E-state index in [2.05, 4.69) is 12.8 Å². The van der Waals surface area contributed by atoms with Gasteiger partial charge in [0.2, 0.25) is 0 Å². The number of ether oxygens (including phenoxy) is 1. The number of thiol groups is 1. The summed E-state index contributed by atoms with van der Waals surface area (Å²) in [5.74, 6) is 0.845. The number of aromatic nitrogens is 1. The summed E-state index contributed by atoms with van der Waals surface area (Å²) in [4.78, 5) is 0. The summed E-state index contributed by atoms with van der Waals surface area (Å²) < 4.78 is 7.01. The first kappa shape index (κ1) is 11.4. The van der Waals surface area contributed by atoms with Crippen LogP contribution in [0.1, 0.15) is 12.0 Å². The highest BCUT2D eigenvalue weighted by Gasteiger charge is 2.07. The Balaban J connectivity index is 2.47. The molecular weight excluding hydrogens is 222 g/mol. The van der Waals surface area contributed by atoms with Gasteiger partial charge in [-0.05, 0) is 36.6 Å². The number of benzene rings is 1. The Morgan fingerprint density at radius 2 is 2.25 bits per heavy atom. The SMILES string of the molecule is COc1ccc2c(c1)c(CCCO)cn2S. The Morgan fingerprint density at radius 1 is 1.44 bits per heavy atom. The Kier molecular flexibility index (Phi) is 3.41. The summed E-state index contributed by atoms with van der Waals surface area (Å²) in [6.07, 6.45) is 3.61. The molecule has 86 valence electrons. The number of aliphatic hydroxyl groups is 1. The second-order valence-electron chi connectivity index (χ2n) is 3.71. The van der Waals surface area contributed by atoms with Crippen LogP contribution in [0.25, 0.3) is 10.9 Å². The summed E-state index contributed by atoms with van der Waals surface area (Å²) in [5.41, 5.74) is 2.26. The maximum atomic E-state index is 8.86. The molecule has 1 aromatic carbocycles. The first-order valence-corrected chi connectivity index (χ1v) is 5.64. The smallest absolute Gasteiger partial charge is 0.119 e. The average molecular weight is 237 g/mol. The summed E-state index contributed by atoms with van der Waals surface area (Å²) >= 11 is 4.37. The third-order valence-electron chi connectivity index (χ3n) is 2.68. The van der Waals surface area contributed by atoms with Crippen molar-refractivity contribution in [2.45, 2.75) is 12.8 Å². The van der Waals surface area contributed by atoms with Gasteiger partial charge in [-0.1, -0.05) is 12.8 Å². The summed E-state index contributed by atoms with van der Waals surface area (Å²) in [6.45, 7) is 0.212. The first-order valence-electron chi connectivity index (χ1n) is 5.24. The molecule has 0 amide bonds. The Labute approximate surface area is 100 Å². The lowest BCUT2D eigenvalue weighted by atomic mass is 10.1. The van der Waals surface area contributed by atoms with E-state index < -0.39 is 0 Å². The van der Waals surface area contributed by atoms with Crippen LogP contribution in [0.15, 0.2) is 24.4 Å². The molecule has 0 saturated heterocycles. The molecule has 0 spiro atoms. The van der Waals surface area contributed by atoms with E-state index in [1.807, 2.05) is 28.4 Å². The van der Waals surface area contributed by atoms with Gasteiger partial charge in [-0.2, -0.15) is 0 Å². The van der Waals surface area contributed by atoms with Gasteiger partial charge in [0.15, 0.2) is 0 Å². The van der Waals surface area contributed by atoms with Crippen LogP contribution in [0.2, 0.25) is 0 Å². The minimum absolute atomic E-state index is 0.212. The third kappa shape index (κ3) is 2.03. The largest absolute Gasteiger partial charge is 0.497 e. The normalized spacial score (nSPS) is 10.9. The first-order chi connectivity index (χ1) is 7.76. The van der Waals surface area contributed by atoms with E-state index in [0.717, 1.165) is 29.5 Å². The molecule has 0 fully saturated rings. The molecular formula is C12H15NO2S. The molecule has 0 saturated carbocycles. The Morgan fingerprint density at radius 3 is 2.94 bits per heavy atom. The topological polar surface area (TPSA) is 34.4 Å². The van der Waals surface area contributed by atoms with Crippen LogP contribution in [0.4, 0.5) is 0 Å². The van der Waals surface area contributed by atoms with Crippen LogP contribution >= 0.6 is 12.8 Å². The minimum atomic E-state index is 0.212. The zero-order valence-electron chi connectivity index (χ0n) is 9.18. The molecule has 16 heavy (non-hydrogen) atoms. The zero-order valence-corrected chi connectivity index (χ0v) is 10.1. The van der Waals surface area contributed by atoms with E-state index in [9.17, 15) is 0 Å². The molecule has 1 aromatic heterocycles. The molecule has 0 bridgehead atoms. The highest BCUT2D eigenvalue weighted by atomic mass is 32.1. The lowest BCUT2D eigenvalue weighted by Crippen LogP contribution is -1.88.